The molecule has 0 saturated heterocycles. The van der Waals surface area contributed by atoms with Gasteiger partial charge in [-0.1, -0.05) is 0 Å². The number of rotatable bonds is 4. The smallest absolute Gasteiger partial charge is 0.356 e. The van der Waals surface area contributed by atoms with Gasteiger partial charge in [0.2, 0.25) is 5.91 Å². The molecule has 0 spiro atoms. The number of aromatic nitrogens is 2. The van der Waals surface area contributed by atoms with Gasteiger partial charge in [-0.25, -0.2) is 4.79 Å². The second kappa shape index (κ2) is 5.44. The summed E-state index contributed by atoms with van der Waals surface area (Å²) in [5.74, 6) is -0.963. The average molecular weight is 252 g/mol. The topological polar surface area (TPSA) is 104 Å². The Bertz CT molecular complexity index is 437. The van der Waals surface area contributed by atoms with Gasteiger partial charge in [-0.3, -0.25) is 4.79 Å². The third-order valence-corrected chi connectivity index (χ3v) is 1.83. The molecule has 0 fully saturated rings. The Morgan fingerprint density at radius 3 is 2.39 bits per heavy atom. The summed E-state index contributed by atoms with van der Waals surface area (Å²) in [5.41, 5.74) is -0.433. The van der Waals surface area contributed by atoms with E-state index in [2.05, 4.69) is 20.8 Å². The molecule has 1 rings (SSSR count). The minimum atomic E-state index is -1.14. The Morgan fingerprint density at radius 1 is 1.28 bits per heavy atom. The first kappa shape index (κ1) is 13.9. The zero-order chi connectivity index (χ0) is 13.8. The molecule has 0 bridgehead atoms. The summed E-state index contributed by atoms with van der Waals surface area (Å²) in [4.78, 5) is 22.0. The Balaban J connectivity index is 2.49. The molecule has 1 aromatic heterocycles. The number of aromatic carboxylic acids is 1. The van der Waals surface area contributed by atoms with Crippen molar-refractivity contribution < 1.29 is 14.7 Å². The number of nitrogens with zero attached hydrogens (tertiary/aromatic N) is 2. The second-order valence-corrected chi connectivity index (χ2v) is 4.76. The van der Waals surface area contributed by atoms with E-state index in [1.54, 1.807) is 0 Å². The van der Waals surface area contributed by atoms with Crippen LogP contribution in [0.3, 0.4) is 0 Å². The highest BCUT2D eigenvalue weighted by molar-refractivity contribution is 5.85. The maximum absolute atomic E-state index is 11.5. The number of carbonyl (C=O) groups is 2. The number of carbonyl (C=O) groups excluding carboxylic acids is 1. The van der Waals surface area contributed by atoms with Crippen molar-refractivity contribution in [2.24, 2.45) is 0 Å². The van der Waals surface area contributed by atoms with Crippen LogP contribution < -0.4 is 10.6 Å². The lowest BCUT2D eigenvalue weighted by atomic mass is 10.1. The molecule has 1 heterocycles. The van der Waals surface area contributed by atoms with E-state index in [0.29, 0.717) is 5.82 Å². The number of anilines is 1. The van der Waals surface area contributed by atoms with E-state index < -0.39 is 5.97 Å². The Labute approximate surface area is 105 Å². The molecule has 1 amide bonds. The van der Waals surface area contributed by atoms with E-state index in [9.17, 15) is 9.59 Å². The van der Waals surface area contributed by atoms with Crippen molar-refractivity contribution >= 4 is 17.7 Å². The van der Waals surface area contributed by atoms with Gasteiger partial charge in [0.15, 0.2) is 5.69 Å². The molecule has 0 aliphatic carbocycles. The normalized spacial score (nSPS) is 10.8. The van der Waals surface area contributed by atoms with Crippen LogP contribution in [-0.2, 0) is 4.79 Å². The van der Waals surface area contributed by atoms with Gasteiger partial charge in [-0.05, 0) is 32.9 Å². The first-order valence-electron chi connectivity index (χ1n) is 5.40. The first-order chi connectivity index (χ1) is 8.28. The predicted octanol–water partition coefficient (Wildman–Crippen LogP) is 0.501. The Hall–Kier alpha value is -2.18. The van der Waals surface area contributed by atoms with Crippen LogP contribution in [0.15, 0.2) is 12.1 Å². The number of hydrogen-bond acceptors (Lipinski definition) is 5. The summed E-state index contributed by atoms with van der Waals surface area (Å²) < 4.78 is 0. The van der Waals surface area contributed by atoms with Crippen molar-refractivity contribution in [3.8, 4) is 0 Å². The third-order valence-electron chi connectivity index (χ3n) is 1.83. The fraction of sp³-hybridized carbons (Fsp3) is 0.455. The summed E-state index contributed by atoms with van der Waals surface area (Å²) in [6.07, 6.45) is 0. The van der Waals surface area contributed by atoms with Crippen LogP contribution >= 0.6 is 0 Å². The minimum absolute atomic E-state index is 0.0539. The number of hydrogen-bond donors (Lipinski definition) is 3. The van der Waals surface area contributed by atoms with E-state index in [4.69, 9.17) is 5.11 Å². The molecule has 18 heavy (non-hydrogen) atoms. The predicted molar refractivity (Wildman–Crippen MR) is 65.4 cm³/mol. The van der Waals surface area contributed by atoms with Crippen LogP contribution in [0, 0.1) is 0 Å². The summed E-state index contributed by atoms with van der Waals surface area (Å²) in [6.45, 7) is 5.70. The summed E-state index contributed by atoms with van der Waals surface area (Å²) >= 11 is 0. The number of carboxylic acids is 1. The molecule has 7 heteroatoms. The van der Waals surface area contributed by atoms with Crippen molar-refractivity contribution in [2.45, 2.75) is 26.3 Å². The summed E-state index contributed by atoms with van der Waals surface area (Å²) in [5, 5.41) is 21.3. The van der Waals surface area contributed by atoms with Crippen molar-refractivity contribution in [1.82, 2.24) is 15.5 Å². The van der Waals surface area contributed by atoms with Crippen LogP contribution in [0.4, 0.5) is 5.82 Å². The molecular weight excluding hydrogens is 236 g/mol. The van der Waals surface area contributed by atoms with Crippen molar-refractivity contribution in [2.75, 3.05) is 11.9 Å². The van der Waals surface area contributed by atoms with Gasteiger partial charge >= 0.3 is 5.97 Å². The molecule has 0 atom stereocenters. The monoisotopic (exact) mass is 252 g/mol. The molecule has 7 nitrogen and oxygen atoms in total. The molecule has 0 saturated carbocycles. The van der Waals surface area contributed by atoms with Crippen LogP contribution in [0.1, 0.15) is 31.3 Å². The van der Waals surface area contributed by atoms with E-state index >= 15 is 0 Å². The Kier molecular flexibility index (Phi) is 4.19. The van der Waals surface area contributed by atoms with Crippen LogP contribution in [0.5, 0.6) is 0 Å². The lowest BCUT2D eigenvalue weighted by molar-refractivity contribution is -0.120. The lowest BCUT2D eigenvalue weighted by Gasteiger charge is -2.20. The largest absolute Gasteiger partial charge is 0.476 e. The zero-order valence-corrected chi connectivity index (χ0v) is 10.5. The number of amides is 1. The maximum atomic E-state index is 11.5. The van der Waals surface area contributed by atoms with Crippen molar-refractivity contribution in [3.63, 3.8) is 0 Å². The first-order valence-corrected chi connectivity index (χ1v) is 5.40. The molecule has 3 N–H and O–H groups in total. The maximum Gasteiger partial charge on any atom is 0.356 e. The van der Waals surface area contributed by atoms with E-state index in [0.717, 1.165) is 0 Å². The average Bonchev–Trinajstić information content (AvgIpc) is 2.24. The van der Waals surface area contributed by atoms with Gasteiger partial charge in [0.05, 0.1) is 6.54 Å². The highest BCUT2D eigenvalue weighted by Crippen LogP contribution is 2.02. The molecule has 0 aromatic carbocycles. The van der Waals surface area contributed by atoms with Crippen LogP contribution in [-0.4, -0.2) is 39.3 Å². The Morgan fingerprint density at radius 2 is 1.94 bits per heavy atom. The molecule has 1 aromatic rings. The summed E-state index contributed by atoms with van der Waals surface area (Å²) in [7, 11) is 0. The van der Waals surface area contributed by atoms with Gasteiger partial charge in [0.1, 0.15) is 5.82 Å². The SMILES string of the molecule is CC(C)(C)NC(=O)CNc1ccc(C(=O)O)nn1. The highest BCUT2D eigenvalue weighted by Gasteiger charge is 2.13. The van der Waals surface area contributed by atoms with Crippen molar-refractivity contribution in [3.05, 3.63) is 17.8 Å². The summed E-state index contributed by atoms with van der Waals surface area (Å²) in [6, 6.07) is 2.78. The molecule has 0 aliphatic rings. The van der Waals surface area contributed by atoms with E-state index in [1.165, 1.54) is 12.1 Å². The quantitative estimate of drug-likeness (QED) is 0.721. The number of nitrogens with one attached hydrogen (secondary N) is 2. The fourth-order valence-electron chi connectivity index (χ4n) is 1.17. The van der Waals surface area contributed by atoms with E-state index in [-0.39, 0.29) is 23.7 Å². The molecule has 0 aliphatic heterocycles. The molecular formula is C11H16N4O3. The van der Waals surface area contributed by atoms with Gasteiger partial charge < -0.3 is 15.7 Å². The van der Waals surface area contributed by atoms with Crippen LogP contribution in [0.25, 0.3) is 0 Å². The molecule has 0 radical (unpaired) electrons. The van der Waals surface area contributed by atoms with Gasteiger partial charge in [0, 0.05) is 5.54 Å². The van der Waals surface area contributed by atoms with Gasteiger partial charge in [0.25, 0.3) is 0 Å². The van der Waals surface area contributed by atoms with Crippen LogP contribution in [0.2, 0.25) is 0 Å². The van der Waals surface area contributed by atoms with Gasteiger partial charge in [-0.2, -0.15) is 0 Å². The minimum Gasteiger partial charge on any atom is -0.476 e. The second-order valence-electron chi connectivity index (χ2n) is 4.76. The molecule has 98 valence electrons. The van der Waals surface area contributed by atoms with Crippen molar-refractivity contribution in [1.29, 1.82) is 0 Å². The highest BCUT2D eigenvalue weighted by atomic mass is 16.4. The van der Waals surface area contributed by atoms with Gasteiger partial charge in [-0.15, -0.1) is 10.2 Å². The standard InChI is InChI=1S/C11H16N4O3/c1-11(2,3)13-9(16)6-12-8-5-4-7(10(17)18)14-15-8/h4-5H,6H2,1-3H3,(H,12,15)(H,13,16)(H,17,18). The third kappa shape index (κ3) is 4.77. The lowest BCUT2D eigenvalue weighted by Crippen LogP contribution is -2.43. The zero-order valence-electron chi connectivity index (χ0n) is 10.5. The van der Waals surface area contributed by atoms with E-state index in [1.807, 2.05) is 20.8 Å². The number of carboxylic acid groups (broad SMARTS) is 1. The molecule has 0 unspecified atom stereocenters. The fourth-order valence-corrected chi connectivity index (χ4v) is 1.17.